The van der Waals surface area contributed by atoms with Crippen LogP contribution in [0.2, 0.25) is 0 Å². The van der Waals surface area contributed by atoms with Gasteiger partial charge in [0, 0.05) is 28.8 Å². The molecule has 1 aromatic carbocycles. The summed E-state index contributed by atoms with van der Waals surface area (Å²) < 4.78 is 7.83. The lowest BCUT2D eigenvalue weighted by molar-refractivity contribution is 0.102. The fraction of sp³-hybridized carbons (Fsp3) is 0.312. The van der Waals surface area contributed by atoms with Crippen LogP contribution in [-0.2, 0) is 4.74 Å². The summed E-state index contributed by atoms with van der Waals surface area (Å²) in [6.07, 6.45) is 3.78. The molecule has 23 heavy (non-hydrogen) atoms. The monoisotopic (exact) mass is 327 g/mol. The third kappa shape index (κ3) is 2.51. The van der Waals surface area contributed by atoms with E-state index in [9.17, 15) is 0 Å². The lowest BCUT2D eigenvalue weighted by atomic mass is 10.1. The molecule has 0 amide bonds. The molecule has 7 heteroatoms. The van der Waals surface area contributed by atoms with E-state index >= 15 is 0 Å². The normalized spacial score (nSPS) is 18.4. The lowest BCUT2D eigenvalue weighted by Gasteiger charge is -2.07. The number of hydrogen-bond acceptors (Lipinski definition) is 4. The van der Waals surface area contributed by atoms with Crippen molar-refractivity contribution < 1.29 is 4.74 Å². The third-order valence-corrected chi connectivity index (χ3v) is 4.40. The summed E-state index contributed by atoms with van der Waals surface area (Å²) in [6, 6.07) is 8.17. The summed E-state index contributed by atoms with van der Waals surface area (Å²) in [7, 11) is 0. The molecule has 0 bridgehead atoms. The molecule has 1 fully saturated rings. The van der Waals surface area contributed by atoms with Gasteiger partial charge < -0.3 is 9.72 Å². The first-order valence-electron chi connectivity index (χ1n) is 7.64. The van der Waals surface area contributed by atoms with E-state index < -0.39 is 0 Å². The minimum atomic E-state index is -0.0378. The number of nitrogens with zero attached hydrogens (tertiary/aromatic N) is 3. The van der Waals surface area contributed by atoms with Crippen molar-refractivity contribution in [2.45, 2.75) is 25.9 Å². The highest BCUT2D eigenvalue weighted by atomic mass is 32.1. The molecule has 6 nitrogen and oxygen atoms in total. The number of aryl methyl sites for hydroxylation is 1. The molecule has 2 aromatic heterocycles. The number of aromatic amines is 2. The van der Waals surface area contributed by atoms with E-state index in [0.717, 1.165) is 47.4 Å². The van der Waals surface area contributed by atoms with Gasteiger partial charge in [-0.1, -0.05) is 18.2 Å². The van der Waals surface area contributed by atoms with Crippen molar-refractivity contribution in [2.75, 3.05) is 6.61 Å². The smallest absolute Gasteiger partial charge is 0.216 e. The fourth-order valence-electron chi connectivity index (χ4n) is 2.99. The first-order valence-corrected chi connectivity index (χ1v) is 8.05. The maximum absolute atomic E-state index is 5.69. The highest BCUT2D eigenvalue weighted by Crippen LogP contribution is 2.27. The molecule has 2 N–H and O–H groups in total. The molecule has 1 atom stereocenters. The maximum Gasteiger partial charge on any atom is 0.216 e. The molecule has 1 aliphatic heterocycles. The number of nitrogens with one attached hydrogen (secondary N) is 2. The minimum Gasteiger partial charge on any atom is -0.370 e. The average molecular weight is 327 g/mol. The number of rotatable bonds is 3. The van der Waals surface area contributed by atoms with Crippen LogP contribution >= 0.6 is 12.2 Å². The van der Waals surface area contributed by atoms with Crippen LogP contribution < -0.4 is 0 Å². The molecule has 4 rings (SSSR count). The number of fused-ring (bicyclic) bond motifs is 1. The molecule has 3 aromatic rings. The molecular formula is C16H17N5OS. The third-order valence-electron chi connectivity index (χ3n) is 4.14. The molecule has 1 saturated heterocycles. The summed E-state index contributed by atoms with van der Waals surface area (Å²) in [5.41, 5.74) is 3.23. The largest absolute Gasteiger partial charge is 0.370 e. The van der Waals surface area contributed by atoms with Crippen LogP contribution in [0, 0.1) is 11.7 Å². The van der Waals surface area contributed by atoms with Gasteiger partial charge in [-0.3, -0.25) is 5.10 Å². The van der Waals surface area contributed by atoms with Gasteiger partial charge in [0.1, 0.15) is 6.10 Å². The predicted molar refractivity (Wildman–Crippen MR) is 91.4 cm³/mol. The first kappa shape index (κ1) is 14.3. The first-order chi connectivity index (χ1) is 11.2. The Bertz CT molecular complexity index is 929. The summed E-state index contributed by atoms with van der Waals surface area (Å²) in [5, 5.41) is 12.8. The van der Waals surface area contributed by atoms with Gasteiger partial charge in [-0.05, 0) is 38.0 Å². The van der Waals surface area contributed by atoms with Crippen molar-refractivity contribution in [2.24, 2.45) is 5.10 Å². The molecule has 0 spiro atoms. The minimum absolute atomic E-state index is 0.0378. The maximum atomic E-state index is 5.69. The Hall–Kier alpha value is -2.25. The zero-order valence-corrected chi connectivity index (χ0v) is 13.6. The quantitative estimate of drug-likeness (QED) is 0.571. The van der Waals surface area contributed by atoms with Gasteiger partial charge in [0.25, 0.3) is 0 Å². The van der Waals surface area contributed by atoms with Crippen LogP contribution in [0.3, 0.4) is 0 Å². The van der Waals surface area contributed by atoms with E-state index in [0.29, 0.717) is 4.77 Å². The van der Waals surface area contributed by atoms with Gasteiger partial charge >= 0.3 is 0 Å². The van der Waals surface area contributed by atoms with Gasteiger partial charge in [-0.2, -0.15) is 14.9 Å². The van der Waals surface area contributed by atoms with E-state index in [1.165, 1.54) is 0 Å². The highest BCUT2D eigenvalue weighted by molar-refractivity contribution is 7.71. The average Bonchev–Trinajstić information content (AvgIpc) is 3.25. The van der Waals surface area contributed by atoms with Gasteiger partial charge in [0.05, 0.1) is 6.21 Å². The van der Waals surface area contributed by atoms with Crippen LogP contribution in [0.25, 0.3) is 10.9 Å². The number of H-pyrrole nitrogens is 2. The van der Waals surface area contributed by atoms with Crippen LogP contribution in [-0.4, -0.2) is 32.7 Å². The summed E-state index contributed by atoms with van der Waals surface area (Å²) in [6.45, 7) is 2.80. The SMILES string of the molecule is Cc1[nH]c2ccccc2c1/C=N/n1c([C@@H]2CCCO2)n[nH]c1=S. The second-order valence-corrected chi connectivity index (χ2v) is 6.04. The van der Waals surface area contributed by atoms with Crippen molar-refractivity contribution in [3.63, 3.8) is 0 Å². The van der Waals surface area contributed by atoms with Crippen LogP contribution in [0.5, 0.6) is 0 Å². The topological polar surface area (TPSA) is 71.0 Å². The molecule has 118 valence electrons. The van der Waals surface area contributed by atoms with Crippen molar-refractivity contribution in [3.8, 4) is 0 Å². The number of aromatic nitrogens is 4. The lowest BCUT2D eigenvalue weighted by Crippen LogP contribution is -2.05. The van der Waals surface area contributed by atoms with Gasteiger partial charge in [-0.25, -0.2) is 0 Å². The summed E-state index contributed by atoms with van der Waals surface area (Å²) >= 11 is 5.30. The van der Waals surface area contributed by atoms with Crippen molar-refractivity contribution >= 4 is 29.3 Å². The fourth-order valence-corrected chi connectivity index (χ4v) is 3.17. The van der Waals surface area contributed by atoms with Crippen molar-refractivity contribution in [1.29, 1.82) is 0 Å². The van der Waals surface area contributed by atoms with Crippen LogP contribution in [0.4, 0.5) is 0 Å². The molecule has 0 unspecified atom stereocenters. The molecule has 3 heterocycles. The van der Waals surface area contributed by atoms with Crippen LogP contribution in [0.15, 0.2) is 29.4 Å². The standard InChI is InChI=1S/C16H17N5OS/c1-10-12(11-5-2-3-6-13(11)18-10)9-17-21-15(19-20-16(21)23)14-7-4-8-22-14/h2-3,5-6,9,14,18H,4,7-8H2,1H3,(H,20,23)/b17-9+/t14-/m0/s1. The highest BCUT2D eigenvalue weighted by Gasteiger charge is 2.23. The van der Waals surface area contributed by atoms with Crippen molar-refractivity contribution in [1.82, 2.24) is 19.9 Å². The Morgan fingerprint density at radius 1 is 1.43 bits per heavy atom. The van der Waals surface area contributed by atoms with E-state index in [1.54, 1.807) is 4.68 Å². The second kappa shape index (κ2) is 5.75. The number of benzene rings is 1. The molecule has 0 radical (unpaired) electrons. The van der Waals surface area contributed by atoms with E-state index in [-0.39, 0.29) is 6.10 Å². The Labute approximate surface area is 138 Å². The van der Waals surface area contributed by atoms with E-state index in [1.807, 2.05) is 25.3 Å². The van der Waals surface area contributed by atoms with Crippen molar-refractivity contribution in [3.05, 3.63) is 46.1 Å². The summed E-state index contributed by atoms with van der Waals surface area (Å²) in [5.74, 6) is 0.737. The Morgan fingerprint density at radius 2 is 2.30 bits per heavy atom. The Morgan fingerprint density at radius 3 is 3.13 bits per heavy atom. The number of ether oxygens (including phenoxy) is 1. The summed E-state index contributed by atoms with van der Waals surface area (Å²) in [4.78, 5) is 3.37. The molecule has 0 saturated carbocycles. The Balaban J connectivity index is 1.75. The zero-order valence-electron chi connectivity index (χ0n) is 12.7. The second-order valence-electron chi connectivity index (χ2n) is 5.65. The molecule has 0 aliphatic carbocycles. The number of para-hydroxylation sites is 1. The van der Waals surface area contributed by atoms with Gasteiger partial charge in [-0.15, -0.1) is 0 Å². The van der Waals surface area contributed by atoms with Crippen LogP contribution in [0.1, 0.15) is 36.0 Å². The van der Waals surface area contributed by atoms with Gasteiger partial charge in [0.15, 0.2) is 5.82 Å². The molecule has 1 aliphatic rings. The van der Waals surface area contributed by atoms with Gasteiger partial charge in [0.2, 0.25) is 4.77 Å². The number of hydrogen-bond donors (Lipinski definition) is 2. The molecular weight excluding hydrogens is 310 g/mol. The predicted octanol–water partition coefficient (Wildman–Crippen LogP) is 3.46. The van der Waals surface area contributed by atoms with E-state index in [4.69, 9.17) is 17.0 Å². The van der Waals surface area contributed by atoms with E-state index in [2.05, 4.69) is 32.4 Å². The Kier molecular flexibility index (Phi) is 3.59. The zero-order chi connectivity index (χ0) is 15.8.